The Bertz CT molecular complexity index is 282. The number of rotatable bonds is 17. The lowest BCUT2D eigenvalue weighted by atomic mass is 10.0. The molecule has 0 spiro atoms. The van der Waals surface area contributed by atoms with Gasteiger partial charge in [-0.3, -0.25) is 4.79 Å². The summed E-state index contributed by atoms with van der Waals surface area (Å²) in [6.45, 7) is 4.63. The third-order valence-corrected chi connectivity index (χ3v) is 4.33. The fourth-order valence-electron chi connectivity index (χ4n) is 2.83. The van der Waals surface area contributed by atoms with Gasteiger partial charge in [0.25, 0.3) is 0 Å². The second-order valence-electron chi connectivity index (χ2n) is 7.26. The molecule has 0 aromatic rings. The second-order valence-corrected chi connectivity index (χ2v) is 7.26. The van der Waals surface area contributed by atoms with Crippen molar-refractivity contribution in [1.82, 2.24) is 0 Å². The Balaban J connectivity index is 3.09. The van der Waals surface area contributed by atoms with E-state index >= 15 is 0 Å². The summed E-state index contributed by atoms with van der Waals surface area (Å²) in [5.41, 5.74) is 0. The summed E-state index contributed by atoms with van der Waals surface area (Å²) in [6.07, 6.45) is 22.8. The lowest BCUT2D eigenvalue weighted by Gasteiger charge is -2.04. The molecule has 0 fully saturated rings. The van der Waals surface area contributed by atoms with E-state index in [0.717, 1.165) is 31.6 Å². The molecule has 0 aliphatic rings. The van der Waals surface area contributed by atoms with Crippen LogP contribution in [0.25, 0.3) is 0 Å². The number of hydrogen-bond acceptors (Lipinski definition) is 1. The van der Waals surface area contributed by atoms with Crippen molar-refractivity contribution in [2.45, 2.75) is 110 Å². The molecule has 0 unspecified atom stereocenters. The van der Waals surface area contributed by atoms with Crippen LogP contribution >= 0.6 is 0 Å². The molecule has 0 saturated carbocycles. The molecule has 0 heterocycles. The Morgan fingerprint density at radius 1 is 0.739 bits per heavy atom. The lowest BCUT2D eigenvalue weighted by molar-refractivity contribution is -0.137. The number of hydrogen-bond donors (Lipinski definition) is 1. The first-order valence-corrected chi connectivity index (χ1v) is 9.99. The van der Waals surface area contributed by atoms with Gasteiger partial charge < -0.3 is 5.11 Å². The van der Waals surface area contributed by atoms with E-state index in [-0.39, 0.29) is 0 Å². The largest absolute Gasteiger partial charge is 0.481 e. The van der Waals surface area contributed by atoms with Crippen molar-refractivity contribution in [3.8, 4) is 0 Å². The quantitative estimate of drug-likeness (QED) is 0.228. The van der Waals surface area contributed by atoms with Gasteiger partial charge in [-0.2, -0.15) is 0 Å². The van der Waals surface area contributed by atoms with Crippen LogP contribution < -0.4 is 0 Å². The van der Waals surface area contributed by atoms with Crippen molar-refractivity contribution in [1.29, 1.82) is 0 Å². The number of carboxylic acid groups (broad SMARTS) is 1. The topological polar surface area (TPSA) is 37.3 Å². The molecule has 0 aromatic heterocycles. The third-order valence-electron chi connectivity index (χ3n) is 4.33. The summed E-state index contributed by atoms with van der Waals surface area (Å²) in [7, 11) is 0. The molecule has 0 aliphatic heterocycles. The van der Waals surface area contributed by atoms with Crippen molar-refractivity contribution >= 4 is 5.97 Å². The van der Waals surface area contributed by atoms with Crippen molar-refractivity contribution in [3.05, 3.63) is 12.2 Å². The minimum Gasteiger partial charge on any atom is -0.481 e. The van der Waals surface area contributed by atoms with Crippen LogP contribution in [0.1, 0.15) is 110 Å². The number of allylic oxidation sites excluding steroid dienone is 2. The summed E-state index contributed by atoms with van der Waals surface area (Å²) in [4.78, 5) is 10.4. The Morgan fingerprint density at radius 2 is 1.17 bits per heavy atom. The van der Waals surface area contributed by atoms with E-state index in [4.69, 9.17) is 5.11 Å². The van der Waals surface area contributed by atoms with Crippen LogP contribution in [0.3, 0.4) is 0 Å². The number of unbranched alkanes of at least 4 members (excludes halogenated alkanes) is 11. The van der Waals surface area contributed by atoms with Gasteiger partial charge in [-0.1, -0.05) is 83.8 Å². The number of carboxylic acids is 1. The van der Waals surface area contributed by atoms with Gasteiger partial charge in [-0.15, -0.1) is 0 Å². The molecule has 23 heavy (non-hydrogen) atoms. The van der Waals surface area contributed by atoms with Gasteiger partial charge in [0.05, 0.1) is 0 Å². The fourth-order valence-corrected chi connectivity index (χ4v) is 2.83. The first-order chi connectivity index (χ1) is 11.1. The van der Waals surface area contributed by atoms with Gasteiger partial charge in [0.2, 0.25) is 0 Å². The molecule has 2 heteroatoms. The lowest BCUT2D eigenvalue weighted by Crippen LogP contribution is -1.93. The maximum Gasteiger partial charge on any atom is 0.303 e. The average Bonchev–Trinajstić information content (AvgIpc) is 2.49. The van der Waals surface area contributed by atoms with E-state index in [1.807, 2.05) is 0 Å². The zero-order valence-electron chi connectivity index (χ0n) is 15.7. The summed E-state index contributed by atoms with van der Waals surface area (Å²) in [5.74, 6) is 0.198. The van der Waals surface area contributed by atoms with Crippen LogP contribution in [0.2, 0.25) is 0 Å². The normalized spacial score (nSPS) is 11.6. The maximum atomic E-state index is 10.4. The van der Waals surface area contributed by atoms with Crippen molar-refractivity contribution in [2.75, 3.05) is 0 Å². The molecule has 136 valence electrons. The van der Waals surface area contributed by atoms with E-state index in [0.29, 0.717) is 6.42 Å². The fraction of sp³-hybridized carbons (Fsp3) is 0.857. The molecule has 0 aromatic carbocycles. The van der Waals surface area contributed by atoms with Crippen molar-refractivity contribution in [3.63, 3.8) is 0 Å². The Kier molecular flexibility index (Phi) is 17.0. The van der Waals surface area contributed by atoms with E-state index in [1.165, 1.54) is 64.2 Å². The third kappa shape index (κ3) is 21.2. The molecule has 1 N–H and O–H groups in total. The summed E-state index contributed by atoms with van der Waals surface area (Å²) < 4.78 is 0. The standard InChI is InChI=1S/C21H40O2/c1-20(2)18-16-14-12-10-8-6-4-3-5-7-9-11-13-15-17-19-21(22)23/h7,9,20H,3-6,8,10-19H2,1-2H3,(H,22,23)/b9-7-. The molecular weight excluding hydrogens is 284 g/mol. The molecule has 0 radical (unpaired) electrons. The van der Waals surface area contributed by atoms with Crippen LogP contribution in [-0.4, -0.2) is 11.1 Å². The van der Waals surface area contributed by atoms with E-state index in [1.54, 1.807) is 0 Å². The van der Waals surface area contributed by atoms with Gasteiger partial charge in [-0.05, 0) is 38.0 Å². The van der Waals surface area contributed by atoms with Crippen LogP contribution in [-0.2, 0) is 4.79 Å². The van der Waals surface area contributed by atoms with Gasteiger partial charge in [0, 0.05) is 6.42 Å². The molecule has 0 rings (SSSR count). The zero-order valence-corrected chi connectivity index (χ0v) is 15.7. The maximum absolute atomic E-state index is 10.4. The smallest absolute Gasteiger partial charge is 0.303 e. The van der Waals surface area contributed by atoms with E-state index in [2.05, 4.69) is 26.0 Å². The molecule has 0 amide bonds. The van der Waals surface area contributed by atoms with Crippen LogP contribution in [0, 0.1) is 5.92 Å². The minimum absolute atomic E-state index is 0.321. The molecule has 0 aliphatic carbocycles. The van der Waals surface area contributed by atoms with E-state index in [9.17, 15) is 4.79 Å². The molecular formula is C21H40O2. The van der Waals surface area contributed by atoms with Gasteiger partial charge in [-0.25, -0.2) is 0 Å². The summed E-state index contributed by atoms with van der Waals surface area (Å²) in [6, 6.07) is 0. The highest BCUT2D eigenvalue weighted by Gasteiger charge is 1.96. The van der Waals surface area contributed by atoms with E-state index < -0.39 is 5.97 Å². The highest BCUT2D eigenvalue weighted by molar-refractivity contribution is 5.66. The summed E-state index contributed by atoms with van der Waals surface area (Å²) in [5, 5.41) is 8.53. The molecule has 0 saturated heterocycles. The van der Waals surface area contributed by atoms with Crippen LogP contribution in [0.15, 0.2) is 12.2 Å². The SMILES string of the molecule is CC(C)CCCCCCCCCC/C=C\CCCCCC(=O)O. The molecule has 0 atom stereocenters. The number of carbonyl (C=O) groups is 1. The van der Waals surface area contributed by atoms with Gasteiger partial charge in [0.15, 0.2) is 0 Å². The minimum atomic E-state index is -0.670. The molecule has 0 bridgehead atoms. The predicted octanol–water partition coefficient (Wildman–Crippen LogP) is 7.13. The van der Waals surface area contributed by atoms with Crippen LogP contribution in [0.5, 0.6) is 0 Å². The van der Waals surface area contributed by atoms with Crippen molar-refractivity contribution < 1.29 is 9.90 Å². The first-order valence-electron chi connectivity index (χ1n) is 9.99. The average molecular weight is 325 g/mol. The predicted molar refractivity (Wildman–Crippen MR) is 101 cm³/mol. The first kappa shape index (κ1) is 22.2. The second kappa shape index (κ2) is 17.6. The molecule has 2 nitrogen and oxygen atoms in total. The Hall–Kier alpha value is -0.790. The Morgan fingerprint density at radius 3 is 1.65 bits per heavy atom. The van der Waals surface area contributed by atoms with Gasteiger partial charge >= 0.3 is 5.97 Å². The van der Waals surface area contributed by atoms with Gasteiger partial charge in [0.1, 0.15) is 0 Å². The Labute approximate surface area is 144 Å². The van der Waals surface area contributed by atoms with Crippen molar-refractivity contribution in [2.24, 2.45) is 5.92 Å². The monoisotopic (exact) mass is 324 g/mol. The zero-order chi connectivity index (χ0) is 17.2. The highest BCUT2D eigenvalue weighted by Crippen LogP contribution is 2.13. The number of aliphatic carboxylic acids is 1. The summed E-state index contributed by atoms with van der Waals surface area (Å²) >= 11 is 0. The van der Waals surface area contributed by atoms with Crippen LogP contribution in [0.4, 0.5) is 0 Å². The highest BCUT2D eigenvalue weighted by atomic mass is 16.4.